The van der Waals surface area contributed by atoms with Gasteiger partial charge < -0.3 is 19.3 Å². The van der Waals surface area contributed by atoms with Crippen LogP contribution >= 0.6 is 24.0 Å². The van der Waals surface area contributed by atoms with Gasteiger partial charge in [0, 0.05) is 39.8 Å². The van der Waals surface area contributed by atoms with Gasteiger partial charge >= 0.3 is 0 Å². The van der Waals surface area contributed by atoms with Crippen LogP contribution in [-0.2, 0) is 6.54 Å². The summed E-state index contributed by atoms with van der Waals surface area (Å²) in [6.45, 7) is 0.568. The molecule has 0 saturated heterocycles. The van der Waals surface area contributed by atoms with E-state index in [-0.39, 0.29) is 24.0 Å². The lowest BCUT2D eigenvalue weighted by atomic mass is 10.2. The Labute approximate surface area is 138 Å². The van der Waals surface area contributed by atoms with Crippen LogP contribution in [0.15, 0.2) is 23.2 Å². The van der Waals surface area contributed by atoms with Gasteiger partial charge in [-0.2, -0.15) is 0 Å². The molecule has 1 rings (SSSR count). The fraction of sp³-hybridized carbons (Fsp3) is 0.500. The highest BCUT2D eigenvalue weighted by atomic mass is 127. The molecule has 1 aromatic rings. The van der Waals surface area contributed by atoms with E-state index in [0.717, 1.165) is 23.0 Å². The van der Waals surface area contributed by atoms with Gasteiger partial charge in [-0.25, -0.2) is 4.99 Å². The lowest BCUT2D eigenvalue weighted by Crippen LogP contribution is -2.35. The molecule has 5 nitrogen and oxygen atoms in total. The van der Waals surface area contributed by atoms with E-state index in [1.807, 2.05) is 56.2 Å². The van der Waals surface area contributed by atoms with Crippen LogP contribution in [-0.4, -0.2) is 58.2 Å². The van der Waals surface area contributed by atoms with Crippen molar-refractivity contribution in [3.8, 4) is 11.5 Å². The number of rotatable bonds is 4. The van der Waals surface area contributed by atoms with Crippen molar-refractivity contribution in [2.75, 3.05) is 42.4 Å². The lowest BCUT2D eigenvalue weighted by molar-refractivity contribution is 0.391. The molecule has 0 unspecified atom stereocenters. The second-order valence-corrected chi connectivity index (χ2v) is 4.58. The SMILES string of the molecule is COc1ccc(CN=C(N(C)C)N(C)C)c(OC)c1.I. The third-order valence-corrected chi connectivity index (χ3v) is 2.69. The first-order valence-corrected chi connectivity index (χ1v) is 6.09. The van der Waals surface area contributed by atoms with E-state index in [1.165, 1.54) is 0 Å². The number of aliphatic imine (C=N–C) groups is 1. The molecule has 0 spiro atoms. The summed E-state index contributed by atoms with van der Waals surface area (Å²) in [6.07, 6.45) is 0. The number of ether oxygens (including phenoxy) is 2. The summed E-state index contributed by atoms with van der Waals surface area (Å²) in [4.78, 5) is 8.57. The normalized spacial score (nSPS) is 9.30. The molecule has 0 atom stereocenters. The average Bonchev–Trinajstić information content (AvgIpc) is 2.38. The molecule has 0 aromatic heterocycles. The Bertz CT molecular complexity index is 438. The van der Waals surface area contributed by atoms with Crippen LogP contribution in [0.25, 0.3) is 0 Å². The highest BCUT2D eigenvalue weighted by Crippen LogP contribution is 2.25. The molecule has 20 heavy (non-hydrogen) atoms. The van der Waals surface area contributed by atoms with Gasteiger partial charge in [0.15, 0.2) is 5.96 Å². The summed E-state index contributed by atoms with van der Waals surface area (Å²) in [5.41, 5.74) is 1.03. The van der Waals surface area contributed by atoms with E-state index in [0.29, 0.717) is 6.54 Å². The van der Waals surface area contributed by atoms with Crippen molar-refractivity contribution in [1.29, 1.82) is 0 Å². The highest BCUT2D eigenvalue weighted by molar-refractivity contribution is 14.0. The molecule has 0 fully saturated rings. The van der Waals surface area contributed by atoms with Crippen LogP contribution in [0.2, 0.25) is 0 Å². The van der Waals surface area contributed by atoms with Crippen LogP contribution in [0.5, 0.6) is 11.5 Å². The van der Waals surface area contributed by atoms with E-state index in [2.05, 4.69) is 4.99 Å². The largest absolute Gasteiger partial charge is 0.497 e. The quantitative estimate of drug-likeness (QED) is 0.447. The van der Waals surface area contributed by atoms with Crippen LogP contribution in [0, 0.1) is 0 Å². The van der Waals surface area contributed by atoms with Crippen LogP contribution in [0.1, 0.15) is 5.56 Å². The standard InChI is InChI=1S/C14H23N3O2.HI/c1-16(2)14(17(3)4)15-10-11-7-8-12(18-5)9-13(11)19-6;/h7-9H,10H2,1-6H3;1H. The van der Waals surface area contributed by atoms with Gasteiger partial charge in [0.25, 0.3) is 0 Å². The first kappa shape index (κ1) is 18.8. The van der Waals surface area contributed by atoms with Gasteiger partial charge in [0.05, 0.1) is 20.8 Å². The molecular weight excluding hydrogens is 369 g/mol. The number of hydrogen-bond donors (Lipinski definition) is 0. The second kappa shape index (κ2) is 8.89. The monoisotopic (exact) mass is 393 g/mol. The molecule has 0 bridgehead atoms. The van der Waals surface area contributed by atoms with Crippen molar-refractivity contribution in [2.45, 2.75) is 6.54 Å². The Balaban J connectivity index is 0.00000361. The summed E-state index contributed by atoms with van der Waals surface area (Å²) < 4.78 is 10.5. The maximum Gasteiger partial charge on any atom is 0.195 e. The summed E-state index contributed by atoms with van der Waals surface area (Å²) in [6, 6.07) is 5.76. The molecule has 6 heteroatoms. The summed E-state index contributed by atoms with van der Waals surface area (Å²) >= 11 is 0. The third-order valence-electron chi connectivity index (χ3n) is 2.69. The minimum Gasteiger partial charge on any atom is -0.497 e. The molecule has 0 saturated carbocycles. The van der Waals surface area contributed by atoms with Crippen molar-refractivity contribution in [2.24, 2.45) is 4.99 Å². The van der Waals surface area contributed by atoms with Crippen molar-refractivity contribution in [1.82, 2.24) is 9.80 Å². The molecule has 0 aliphatic heterocycles. The Hall–Kier alpha value is -1.18. The Kier molecular flexibility index (Phi) is 8.36. The number of methoxy groups -OCH3 is 2. The Morgan fingerprint density at radius 2 is 1.65 bits per heavy atom. The maximum absolute atomic E-state index is 5.36. The smallest absolute Gasteiger partial charge is 0.195 e. The van der Waals surface area contributed by atoms with Crippen molar-refractivity contribution in [3.63, 3.8) is 0 Å². The van der Waals surface area contributed by atoms with Gasteiger partial charge in [-0.3, -0.25) is 0 Å². The zero-order valence-electron chi connectivity index (χ0n) is 13.0. The number of halogens is 1. The third kappa shape index (κ3) is 5.07. The molecule has 0 heterocycles. The van der Waals surface area contributed by atoms with E-state index < -0.39 is 0 Å². The minimum atomic E-state index is 0. The predicted molar refractivity (Wildman–Crippen MR) is 93.5 cm³/mol. The predicted octanol–water partition coefficient (Wildman–Crippen LogP) is 2.30. The van der Waals surface area contributed by atoms with Gasteiger partial charge in [-0.1, -0.05) is 0 Å². The summed E-state index contributed by atoms with van der Waals surface area (Å²) in [5.74, 6) is 2.49. The summed E-state index contributed by atoms with van der Waals surface area (Å²) in [7, 11) is 11.2. The van der Waals surface area contributed by atoms with E-state index in [1.54, 1.807) is 14.2 Å². The zero-order chi connectivity index (χ0) is 14.4. The van der Waals surface area contributed by atoms with Gasteiger partial charge in [-0.15, -0.1) is 24.0 Å². The second-order valence-electron chi connectivity index (χ2n) is 4.58. The number of benzene rings is 1. The lowest BCUT2D eigenvalue weighted by Gasteiger charge is -2.22. The first-order valence-electron chi connectivity index (χ1n) is 6.09. The van der Waals surface area contributed by atoms with E-state index >= 15 is 0 Å². The summed E-state index contributed by atoms with van der Waals surface area (Å²) in [5, 5.41) is 0. The number of hydrogen-bond acceptors (Lipinski definition) is 3. The van der Waals surface area contributed by atoms with Crippen molar-refractivity contribution < 1.29 is 9.47 Å². The van der Waals surface area contributed by atoms with E-state index in [4.69, 9.17) is 9.47 Å². The molecule has 1 aromatic carbocycles. The van der Waals surface area contributed by atoms with Crippen LogP contribution in [0.3, 0.4) is 0 Å². The van der Waals surface area contributed by atoms with Crippen molar-refractivity contribution in [3.05, 3.63) is 23.8 Å². The highest BCUT2D eigenvalue weighted by Gasteiger charge is 2.07. The molecule has 0 aliphatic carbocycles. The number of nitrogens with zero attached hydrogens (tertiary/aromatic N) is 3. The molecule has 0 aliphatic rings. The fourth-order valence-electron chi connectivity index (χ4n) is 1.82. The number of guanidine groups is 1. The van der Waals surface area contributed by atoms with Crippen LogP contribution < -0.4 is 9.47 Å². The molecule has 114 valence electrons. The molecule has 0 amide bonds. The maximum atomic E-state index is 5.36. The topological polar surface area (TPSA) is 37.3 Å². The zero-order valence-corrected chi connectivity index (χ0v) is 15.3. The fourth-order valence-corrected chi connectivity index (χ4v) is 1.82. The van der Waals surface area contributed by atoms with Crippen LogP contribution in [0.4, 0.5) is 0 Å². The Morgan fingerprint density at radius 1 is 1.05 bits per heavy atom. The molecule has 0 N–H and O–H groups in total. The molecule has 0 radical (unpaired) electrons. The molecular formula is C14H24IN3O2. The van der Waals surface area contributed by atoms with Crippen molar-refractivity contribution >= 4 is 29.9 Å². The average molecular weight is 393 g/mol. The van der Waals surface area contributed by atoms with Gasteiger partial charge in [0.2, 0.25) is 0 Å². The Morgan fingerprint density at radius 3 is 2.10 bits per heavy atom. The van der Waals surface area contributed by atoms with E-state index in [9.17, 15) is 0 Å². The first-order chi connectivity index (χ1) is 8.99. The van der Waals surface area contributed by atoms with Gasteiger partial charge in [0.1, 0.15) is 11.5 Å². The minimum absolute atomic E-state index is 0. The van der Waals surface area contributed by atoms with Gasteiger partial charge in [-0.05, 0) is 12.1 Å².